The second-order valence-corrected chi connectivity index (χ2v) is 6.71. The molecule has 0 unspecified atom stereocenters. The van der Waals surface area contributed by atoms with E-state index in [2.05, 4.69) is 14.9 Å². The molecular formula is C12H11ClN4O4S. The van der Waals surface area contributed by atoms with Gasteiger partial charge >= 0.3 is 0 Å². The molecule has 1 aromatic carbocycles. The van der Waals surface area contributed by atoms with Crippen molar-refractivity contribution in [2.24, 2.45) is 5.73 Å². The first-order valence-electron chi connectivity index (χ1n) is 6.20. The number of hydrogen-bond donors (Lipinski definition) is 3. The molecule has 4 N–H and O–H groups in total. The Kier molecular flexibility index (Phi) is 3.45. The maximum atomic E-state index is 12.5. The van der Waals surface area contributed by atoms with E-state index in [1.165, 1.54) is 12.1 Å². The van der Waals surface area contributed by atoms with Gasteiger partial charge in [-0.1, -0.05) is 11.6 Å². The second kappa shape index (κ2) is 5.18. The molecule has 8 nitrogen and oxygen atoms in total. The number of fused-ring (bicyclic) bond motifs is 1. The van der Waals surface area contributed by atoms with Crippen molar-refractivity contribution in [2.75, 3.05) is 11.3 Å². The topological polar surface area (TPSA) is 127 Å². The second-order valence-electron chi connectivity index (χ2n) is 4.63. The molecule has 1 aliphatic heterocycles. The SMILES string of the molecule is NC(=O)c1cc(NS(=O)(=O)c2cc(Cl)cc3c2OCC3)n[nH]1. The van der Waals surface area contributed by atoms with Crippen molar-refractivity contribution in [3.63, 3.8) is 0 Å². The fourth-order valence-electron chi connectivity index (χ4n) is 2.13. The molecule has 2 heterocycles. The number of primary amides is 1. The lowest BCUT2D eigenvalue weighted by atomic mass is 10.2. The Hall–Kier alpha value is -2.26. The maximum Gasteiger partial charge on any atom is 0.266 e. The predicted octanol–water partition coefficient (Wildman–Crippen LogP) is 0.898. The number of halogens is 1. The molecule has 3 rings (SSSR count). The van der Waals surface area contributed by atoms with Gasteiger partial charge in [0.05, 0.1) is 6.61 Å². The fraction of sp³-hybridized carbons (Fsp3) is 0.167. The summed E-state index contributed by atoms with van der Waals surface area (Å²) in [4.78, 5) is 10.9. The zero-order valence-electron chi connectivity index (χ0n) is 11.1. The van der Waals surface area contributed by atoms with Gasteiger partial charge in [-0.25, -0.2) is 8.42 Å². The van der Waals surface area contributed by atoms with E-state index in [1.807, 2.05) is 0 Å². The van der Waals surface area contributed by atoms with E-state index in [1.54, 1.807) is 6.07 Å². The Bertz CT molecular complexity index is 862. The number of H-pyrrole nitrogens is 1. The van der Waals surface area contributed by atoms with Crippen LogP contribution in [0.2, 0.25) is 5.02 Å². The van der Waals surface area contributed by atoms with E-state index in [0.29, 0.717) is 18.1 Å². The Balaban J connectivity index is 1.98. The van der Waals surface area contributed by atoms with Gasteiger partial charge in [0.1, 0.15) is 16.3 Å². The minimum absolute atomic E-state index is 0.00901. The fourth-order valence-corrected chi connectivity index (χ4v) is 3.64. The number of nitrogens with two attached hydrogens (primary N) is 1. The third kappa shape index (κ3) is 2.60. The van der Waals surface area contributed by atoms with Gasteiger partial charge in [-0.2, -0.15) is 5.10 Å². The number of amides is 1. The minimum atomic E-state index is -3.97. The summed E-state index contributed by atoms with van der Waals surface area (Å²) >= 11 is 5.95. The molecule has 0 atom stereocenters. The predicted molar refractivity (Wildman–Crippen MR) is 78.6 cm³/mol. The molecule has 0 bridgehead atoms. The Morgan fingerprint density at radius 1 is 1.41 bits per heavy atom. The van der Waals surface area contributed by atoms with Crippen LogP contribution in [0.4, 0.5) is 5.82 Å². The molecule has 1 aromatic heterocycles. The Morgan fingerprint density at radius 3 is 2.86 bits per heavy atom. The van der Waals surface area contributed by atoms with Crippen molar-refractivity contribution in [3.05, 3.63) is 34.5 Å². The number of rotatable bonds is 4. The number of aromatic amines is 1. The lowest BCUT2D eigenvalue weighted by Gasteiger charge is -2.10. The first kappa shape index (κ1) is 14.7. The van der Waals surface area contributed by atoms with E-state index in [-0.39, 0.29) is 22.2 Å². The first-order valence-corrected chi connectivity index (χ1v) is 8.06. The molecule has 0 saturated heterocycles. The summed E-state index contributed by atoms with van der Waals surface area (Å²) in [6, 6.07) is 4.17. The van der Waals surface area contributed by atoms with Gasteiger partial charge in [0.2, 0.25) is 0 Å². The normalized spacial score (nSPS) is 13.5. The Labute approximate surface area is 130 Å². The molecule has 22 heavy (non-hydrogen) atoms. The number of nitrogens with one attached hydrogen (secondary N) is 2. The summed E-state index contributed by atoms with van der Waals surface area (Å²) in [5.74, 6) is -0.520. The van der Waals surface area contributed by atoms with E-state index in [9.17, 15) is 13.2 Å². The number of anilines is 1. The van der Waals surface area contributed by atoms with E-state index < -0.39 is 15.9 Å². The van der Waals surface area contributed by atoms with Gasteiger partial charge in [-0.05, 0) is 12.1 Å². The van der Waals surface area contributed by atoms with Crippen LogP contribution >= 0.6 is 11.6 Å². The highest BCUT2D eigenvalue weighted by atomic mass is 35.5. The van der Waals surface area contributed by atoms with Crippen molar-refractivity contribution < 1.29 is 17.9 Å². The van der Waals surface area contributed by atoms with Crippen LogP contribution in [-0.2, 0) is 16.4 Å². The van der Waals surface area contributed by atoms with Crippen LogP contribution in [0.15, 0.2) is 23.1 Å². The molecule has 0 fully saturated rings. The number of nitrogens with zero attached hydrogens (tertiary/aromatic N) is 1. The molecule has 1 amide bonds. The van der Waals surface area contributed by atoms with Crippen LogP contribution in [0.25, 0.3) is 0 Å². The van der Waals surface area contributed by atoms with E-state index in [0.717, 1.165) is 5.56 Å². The first-order chi connectivity index (χ1) is 10.4. The third-order valence-corrected chi connectivity index (χ3v) is 4.66. The number of benzene rings is 1. The number of ether oxygens (including phenoxy) is 1. The van der Waals surface area contributed by atoms with Crippen LogP contribution in [0.1, 0.15) is 16.1 Å². The van der Waals surface area contributed by atoms with Gasteiger partial charge in [0.15, 0.2) is 5.82 Å². The summed E-state index contributed by atoms with van der Waals surface area (Å²) in [5, 5.41) is 6.30. The standard InChI is InChI=1S/C12H11ClN4O4S/c13-7-3-6-1-2-21-11(6)9(4-7)22(19,20)17-10-5-8(12(14)18)15-16-10/h3-5H,1-2H2,(H2,14,18)(H2,15,16,17). The van der Waals surface area contributed by atoms with Gasteiger partial charge in [-0.15, -0.1) is 0 Å². The van der Waals surface area contributed by atoms with Gasteiger partial charge in [0.25, 0.3) is 15.9 Å². The number of carbonyl (C=O) groups is 1. The molecule has 2 aromatic rings. The number of hydrogen-bond acceptors (Lipinski definition) is 5. The highest BCUT2D eigenvalue weighted by molar-refractivity contribution is 7.92. The number of aromatic nitrogens is 2. The van der Waals surface area contributed by atoms with E-state index in [4.69, 9.17) is 22.1 Å². The summed E-state index contributed by atoms with van der Waals surface area (Å²) in [5.41, 5.74) is 5.79. The molecule has 0 aliphatic carbocycles. The number of carbonyl (C=O) groups excluding carboxylic acids is 1. The summed E-state index contributed by atoms with van der Waals surface area (Å²) < 4.78 is 32.6. The van der Waals surface area contributed by atoms with Crippen molar-refractivity contribution >= 4 is 33.3 Å². The quantitative estimate of drug-likeness (QED) is 0.760. The van der Waals surface area contributed by atoms with Crippen LogP contribution in [0.5, 0.6) is 5.75 Å². The Morgan fingerprint density at radius 2 is 2.18 bits per heavy atom. The molecule has 0 saturated carbocycles. The average Bonchev–Trinajstić information content (AvgIpc) is 3.05. The lowest BCUT2D eigenvalue weighted by molar-refractivity contribution is 0.0995. The summed E-state index contributed by atoms with van der Waals surface area (Å²) in [7, 11) is -3.97. The van der Waals surface area contributed by atoms with Crippen molar-refractivity contribution in [3.8, 4) is 5.75 Å². The monoisotopic (exact) mass is 342 g/mol. The minimum Gasteiger partial charge on any atom is -0.492 e. The molecule has 116 valence electrons. The molecule has 10 heteroatoms. The van der Waals surface area contributed by atoms with Crippen molar-refractivity contribution in [1.29, 1.82) is 0 Å². The van der Waals surface area contributed by atoms with Gasteiger partial charge in [-0.3, -0.25) is 14.6 Å². The lowest BCUT2D eigenvalue weighted by Crippen LogP contribution is -2.14. The van der Waals surface area contributed by atoms with Crippen LogP contribution < -0.4 is 15.2 Å². The molecule has 0 radical (unpaired) electrons. The molecule has 0 spiro atoms. The zero-order valence-corrected chi connectivity index (χ0v) is 12.7. The zero-order chi connectivity index (χ0) is 15.9. The number of sulfonamides is 1. The van der Waals surface area contributed by atoms with Crippen LogP contribution in [0, 0.1) is 0 Å². The van der Waals surface area contributed by atoms with Gasteiger partial charge < -0.3 is 10.5 Å². The highest BCUT2D eigenvalue weighted by Gasteiger charge is 2.27. The van der Waals surface area contributed by atoms with Gasteiger partial charge in [0, 0.05) is 23.1 Å². The largest absolute Gasteiger partial charge is 0.492 e. The van der Waals surface area contributed by atoms with Crippen molar-refractivity contribution in [1.82, 2.24) is 10.2 Å². The van der Waals surface area contributed by atoms with E-state index >= 15 is 0 Å². The summed E-state index contributed by atoms with van der Waals surface area (Å²) in [6.45, 7) is 0.395. The summed E-state index contributed by atoms with van der Waals surface area (Å²) in [6.07, 6.45) is 0.590. The molecular weight excluding hydrogens is 332 g/mol. The van der Waals surface area contributed by atoms with Crippen molar-refractivity contribution in [2.45, 2.75) is 11.3 Å². The highest BCUT2D eigenvalue weighted by Crippen LogP contribution is 2.36. The maximum absolute atomic E-state index is 12.5. The third-order valence-electron chi connectivity index (χ3n) is 3.09. The molecule has 1 aliphatic rings. The van der Waals surface area contributed by atoms with Crippen LogP contribution in [0.3, 0.4) is 0 Å². The average molecular weight is 343 g/mol. The van der Waals surface area contributed by atoms with Crippen LogP contribution in [-0.4, -0.2) is 31.1 Å². The smallest absolute Gasteiger partial charge is 0.266 e.